The molecule has 0 bridgehead atoms. The first kappa shape index (κ1) is 24.8. The standard InChI is InChI=1S/C22H26N4O3.2ClH/c1-28-19-7-6-17(25-22(27)8-5-16-9-10-23-13-16)12-20(19)29-15-18-14-26-11-3-2-4-21(26)24-18;;/h2-4,6-7,11-12,14,16,23H,5,8-10,13,15H2,1H3,(H,25,27);2*1H. The van der Waals surface area contributed by atoms with E-state index in [9.17, 15) is 4.79 Å². The van der Waals surface area contributed by atoms with Crippen LogP contribution in [-0.2, 0) is 11.4 Å². The predicted octanol–water partition coefficient (Wildman–Crippen LogP) is 4.09. The molecule has 3 aromatic rings. The average molecular weight is 467 g/mol. The monoisotopic (exact) mass is 466 g/mol. The molecule has 2 aromatic heterocycles. The van der Waals surface area contributed by atoms with Gasteiger partial charge in [0.05, 0.1) is 12.8 Å². The summed E-state index contributed by atoms with van der Waals surface area (Å²) in [5, 5.41) is 6.30. The van der Waals surface area contributed by atoms with Crippen molar-refractivity contribution in [2.24, 2.45) is 5.92 Å². The molecule has 4 rings (SSSR count). The van der Waals surface area contributed by atoms with Crippen LogP contribution in [0.25, 0.3) is 5.65 Å². The molecule has 1 aliphatic heterocycles. The van der Waals surface area contributed by atoms with E-state index in [-0.39, 0.29) is 30.7 Å². The van der Waals surface area contributed by atoms with Crippen LogP contribution in [0.3, 0.4) is 0 Å². The molecule has 1 atom stereocenters. The van der Waals surface area contributed by atoms with Gasteiger partial charge in [0.2, 0.25) is 5.91 Å². The molecule has 7 nitrogen and oxygen atoms in total. The Bertz CT molecular complexity index is 957. The molecule has 2 N–H and O–H groups in total. The molecule has 1 saturated heterocycles. The van der Waals surface area contributed by atoms with Crippen LogP contribution in [0.15, 0.2) is 48.8 Å². The maximum atomic E-state index is 12.3. The number of methoxy groups -OCH3 is 1. The average Bonchev–Trinajstić information content (AvgIpc) is 3.40. The Morgan fingerprint density at radius 1 is 1.26 bits per heavy atom. The Labute approximate surface area is 194 Å². The first-order valence-corrected chi connectivity index (χ1v) is 9.95. The number of nitrogens with zero attached hydrogens (tertiary/aromatic N) is 2. The Hall–Kier alpha value is -2.48. The lowest BCUT2D eigenvalue weighted by Crippen LogP contribution is -2.15. The number of benzene rings is 1. The summed E-state index contributed by atoms with van der Waals surface area (Å²) in [5.74, 6) is 1.81. The number of hydrogen-bond acceptors (Lipinski definition) is 5. The van der Waals surface area contributed by atoms with Crippen molar-refractivity contribution in [2.75, 3.05) is 25.5 Å². The molecule has 1 amide bonds. The van der Waals surface area contributed by atoms with Gasteiger partial charge in [-0.15, -0.1) is 24.8 Å². The molecular formula is C22H28Cl2N4O3. The minimum Gasteiger partial charge on any atom is -0.493 e. The van der Waals surface area contributed by atoms with E-state index in [4.69, 9.17) is 9.47 Å². The van der Waals surface area contributed by atoms with Crippen molar-refractivity contribution in [1.29, 1.82) is 0 Å². The molecule has 3 heterocycles. The maximum absolute atomic E-state index is 12.3. The van der Waals surface area contributed by atoms with Crippen molar-refractivity contribution in [3.8, 4) is 11.5 Å². The number of aromatic nitrogens is 2. The molecule has 0 saturated carbocycles. The normalized spacial score (nSPS) is 15.1. The number of anilines is 1. The number of carbonyl (C=O) groups excluding carboxylic acids is 1. The van der Waals surface area contributed by atoms with Gasteiger partial charge in [0, 0.05) is 30.6 Å². The third kappa shape index (κ3) is 6.50. The summed E-state index contributed by atoms with van der Waals surface area (Å²) in [6.07, 6.45) is 6.47. The summed E-state index contributed by atoms with van der Waals surface area (Å²) >= 11 is 0. The van der Waals surface area contributed by atoms with Crippen molar-refractivity contribution in [2.45, 2.75) is 25.9 Å². The van der Waals surface area contributed by atoms with E-state index in [1.54, 1.807) is 19.2 Å². The molecule has 0 radical (unpaired) electrons. The second-order valence-corrected chi connectivity index (χ2v) is 7.30. The highest BCUT2D eigenvalue weighted by Gasteiger charge is 2.16. The summed E-state index contributed by atoms with van der Waals surface area (Å²) in [6.45, 7) is 2.37. The smallest absolute Gasteiger partial charge is 0.224 e. The van der Waals surface area contributed by atoms with Crippen molar-refractivity contribution in [3.63, 3.8) is 0 Å². The summed E-state index contributed by atoms with van der Waals surface area (Å²) in [6, 6.07) is 11.3. The van der Waals surface area contributed by atoms with E-state index in [0.717, 1.165) is 37.3 Å². The van der Waals surface area contributed by atoms with Gasteiger partial charge < -0.3 is 24.5 Å². The van der Waals surface area contributed by atoms with Crippen molar-refractivity contribution < 1.29 is 14.3 Å². The highest BCUT2D eigenvalue weighted by atomic mass is 35.5. The zero-order valence-electron chi connectivity index (χ0n) is 17.4. The van der Waals surface area contributed by atoms with E-state index < -0.39 is 0 Å². The Morgan fingerprint density at radius 3 is 2.87 bits per heavy atom. The van der Waals surface area contributed by atoms with Crippen molar-refractivity contribution in [3.05, 3.63) is 54.5 Å². The molecule has 9 heteroatoms. The van der Waals surface area contributed by atoms with Gasteiger partial charge in [-0.3, -0.25) is 4.79 Å². The zero-order valence-corrected chi connectivity index (χ0v) is 19.0. The number of carbonyl (C=O) groups is 1. The Balaban J connectivity index is 0.00000171. The van der Waals surface area contributed by atoms with Gasteiger partial charge >= 0.3 is 0 Å². The topological polar surface area (TPSA) is 76.9 Å². The third-order valence-corrected chi connectivity index (χ3v) is 5.18. The van der Waals surface area contributed by atoms with E-state index >= 15 is 0 Å². The van der Waals surface area contributed by atoms with Crippen molar-refractivity contribution in [1.82, 2.24) is 14.7 Å². The zero-order chi connectivity index (χ0) is 20.1. The van der Waals surface area contributed by atoms with Gasteiger partial charge in [-0.1, -0.05) is 6.07 Å². The molecule has 1 aromatic carbocycles. The van der Waals surface area contributed by atoms with Crippen LogP contribution >= 0.6 is 24.8 Å². The van der Waals surface area contributed by atoms with Gasteiger partial charge in [-0.05, 0) is 56.1 Å². The Morgan fingerprint density at radius 2 is 2.13 bits per heavy atom. The van der Waals surface area contributed by atoms with Crippen LogP contribution in [0.2, 0.25) is 0 Å². The Kier molecular flexibility index (Phi) is 9.43. The summed E-state index contributed by atoms with van der Waals surface area (Å²) in [4.78, 5) is 16.8. The number of rotatable bonds is 8. The molecule has 0 spiro atoms. The quantitative estimate of drug-likeness (QED) is 0.522. The first-order valence-electron chi connectivity index (χ1n) is 9.95. The maximum Gasteiger partial charge on any atom is 0.224 e. The van der Waals surface area contributed by atoms with E-state index in [1.165, 1.54) is 0 Å². The fourth-order valence-electron chi connectivity index (χ4n) is 3.60. The number of nitrogens with one attached hydrogen (secondary N) is 2. The largest absolute Gasteiger partial charge is 0.493 e. The van der Waals surface area contributed by atoms with Crippen molar-refractivity contribution >= 4 is 42.1 Å². The first-order chi connectivity index (χ1) is 14.2. The van der Waals surface area contributed by atoms with Gasteiger partial charge in [0.25, 0.3) is 0 Å². The van der Waals surface area contributed by atoms with E-state index in [0.29, 0.717) is 36.1 Å². The van der Waals surface area contributed by atoms with Gasteiger partial charge in [-0.25, -0.2) is 4.98 Å². The molecule has 0 aliphatic carbocycles. The van der Waals surface area contributed by atoms with Crippen LogP contribution in [-0.4, -0.2) is 35.5 Å². The molecule has 31 heavy (non-hydrogen) atoms. The molecular weight excluding hydrogens is 439 g/mol. The van der Waals surface area contributed by atoms with Gasteiger partial charge in [0.15, 0.2) is 11.5 Å². The number of imidazole rings is 1. The second-order valence-electron chi connectivity index (χ2n) is 7.30. The summed E-state index contributed by atoms with van der Waals surface area (Å²) in [7, 11) is 1.60. The lowest BCUT2D eigenvalue weighted by Gasteiger charge is -2.13. The summed E-state index contributed by atoms with van der Waals surface area (Å²) in [5.41, 5.74) is 2.39. The predicted molar refractivity (Wildman–Crippen MR) is 126 cm³/mol. The fraction of sp³-hybridized carbons (Fsp3) is 0.364. The lowest BCUT2D eigenvalue weighted by molar-refractivity contribution is -0.116. The van der Waals surface area contributed by atoms with Gasteiger partial charge in [0.1, 0.15) is 12.3 Å². The highest BCUT2D eigenvalue weighted by molar-refractivity contribution is 5.91. The van der Waals surface area contributed by atoms with Crippen LogP contribution in [0.1, 0.15) is 25.0 Å². The van der Waals surface area contributed by atoms with Crippen LogP contribution in [0, 0.1) is 5.92 Å². The number of amides is 1. The lowest BCUT2D eigenvalue weighted by atomic mass is 10.0. The molecule has 168 valence electrons. The summed E-state index contributed by atoms with van der Waals surface area (Å²) < 4.78 is 13.3. The van der Waals surface area contributed by atoms with Crippen LogP contribution < -0.4 is 20.1 Å². The van der Waals surface area contributed by atoms with Crippen LogP contribution in [0.4, 0.5) is 5.69 Å². The molecule has 1 unspecified atom stereocenters. The second kappa shape index (κ2) is 11.8. The van der Waals surface area contributed by atoms with E-state index in [1.807, 2.05) is 41.1 Å². The number of pyridine rings is 1. The number of ether oxygens (including phenoxy) is 2. The van der Waals surface area contributed by atoms with E-state index in [2.05, 4.69) is 15.6 Å². The number of halogens is 2. The SMILES string of the molecule is COc1ccc(NC(=O)CCC2CCNC2)cc1OCc1cn2ccccc2n1.Cl.Cl. The minimum atomic E-state index is 0. The fourth-order valence-corrected chi connectivity index (χ4v) is 3.60. The van der Waals surface area contributed by atoms with Crippen LogP contribution in [0.5, 0.6) is 11.5 Å². The number of hydrogen-bond donors (Lipinski definition) is 2. The molecule has 1 aliphatic rings. The number of fused-ring (bicyclic) bond motifs is 1. The molecule has 1 fully saturated rings. The third-order valence-electron chi connectivity index (χ3n) is 5.18. The minimum absolute atomic E-state index is 0. The van der Waals surface area contributed by atoms with Gasteiger partial charge in [-0.2, -0.15) is 0 Å². The highest BCUT2D eigenvalue weighted by Crippen LogP contribution is 2.31.